The Hall–Kier alpha value is -1.62. The molecule has 1 amide bonds. The first kappa shape index (κ1) is 15.4. The Morgan fingerprint density at radius 2 is 2.11 bits per heavy atom. The molecule has 0 fully saturated rings. The van der Waals surface area contributed by atoms with Gasteiger partial charge in [-0.2, -0.15) is 0 Å². The van der Waals surface area contributed by atoms with Gasteiger partial charge in [-0.15, -0.1) is 0 Å². The molecule has 1 aromatic heterocycles. The van der Waals surface area contributed by atoms with Crippen molar-refractivity contribution < 1.29 is 4.79 Å². The summed E-state index contributed by atoms with van der Waals surface area (Å²) < 4.78 is 0. The van der Waals surface area contributed by atoms with Crippen molar-refractivity contribution in [3.63, 3.8) is 0 Å². The van der Waals surface area contributed by atoms with Gasteiger partial charge in [0, 0.05) is 31.5 Å². The molecule has 1 atom stereocenters. The zero-order valence-corrected chi connectivity index (χ0v) is 12.2. The van der Waals surface area contributed by atoms with Crippen LogP contribution in [0.3, 0.4) is 0 Å². The molecule has 0 aromatic carbocycles. The van der Waals surface area contributed by atoms with E-state index in [4.69, 9.17) is 0 Å². The molecular weight excluding hydrogens is 240 g/mol. The van der Waals surface area contributed by atoms with E-state index in [1.165, 1.54) is 0 Å². The lowest BCUT2D eigenvalue weighted by Crippen LogP contribution is -2.34. The minimum atomic E-state index is -0.167. The first-order chi connectivity index (χ1) is 9.10. The largest absolute Gasteiger partial charge is 0.381 e. The van der Waals surface area contributed by atoms with Crippen LogP contribution in [0.25, 0.3) is 0 Å². The van der Waals surface area contributed by atoms with Gasteiger partial charge in [0.25, 0.3) is 5.91 Å². The van der Waals surface area contributed by atoms with Crippen LogP contribution in [-0.2, 0) is 0 Å². The fraction of sp³-hybridized carbons (Fsp3) is 0.571. The third-order valence-electron chi connectivity index (χ3n) is 3.06. The van der Waals surface area contributed by atoms with Crippen LogP contribution in [-0.4, -0.2) is 48.5 Å². The molecule has 1 unspecified atom stereocenters. The molecule has 1 heterocycles. The molecule has 0 spiro atoms. The lowest BCUT2D eigenvalue weighted by Gasteiger charge is -2.24. The summed E-state index contributed by atoms with van der Waals surface area (Å²) in [5, 5.41) is 5.97. The van der Waals surface area contributed by atoms with Crippen molar-refractivity contribution in [2.75, 3.05) is 32.0 Å². The van der Waals surface area contributed by atoms with E-state index in [0.29, 0.717) is 11.7 Å². The third-order valence-corrected chi connectivity index (χ3v) is 3.06. The number of rotatable bonds is 7. The molecule has 0 radical (unpaired) electrons. The fourth-order valence-corrected chi connectivity index (χ4v) is 1.97. The zero-order chi connectivity index (χ0) is 14.3. The van der Waals surface area contributed by atoms with Crippen LogP contribution >= 0.6 is 0 Å². The first-order valence-electron chi connectivity index (χ1n) is 6.77. The fourth-order valence-electron chi connectivity index (χ4n) is 1.97. The van der Waals surface area contributed by atoms with Crippen LogP contribution in [0.2, 0.25) is 0 Å². The van der Waals surface area contributed by atoms with E-state index < -0.39 is 0 Å². The number of amides is 1. The highest BCUT2D eigenvalue weighted by Crippen LogP contribution is 2.10. The van der Waals surface area contributed by atoms with Gasteiger partial charge in [-0.1, -0.05) is 13.8 Å². The van der Waals surface area contributed by atoms with E-state index in [0.717, 1.165) is 25.3 Å². The monoisotopic (exact) mass is 264 g/mol. The van der Waals surface area contributed by atoms with Gasteiger partial charge < -0.3 is 15.5 Å². The molecule has 2 N–H and O–H groups in total. The molecule has 5 nitrogen and oxygen atoms in total. The summed E-state index contributed by atoms with van der Waals surface area (Å²) in [4.78, 5) is 17.9. The minimum Gasteiger partial charge on any atom is -0.381 e. The zero-order valence-electron chi connectivity index (χ0n) is 12.2. The summed E-state index contributed by atoms with van der Waals surface area (Å²) in [6, 6.07) is 3.97. The van der Waals surface area contributed by atoms with Crippen molar-refractivity contribution in [1.29, 1.82) is 0 Å². The van der Waals surface area contributed by atoms with Crippen molar-refractivity contribution >= 4 is 11.6 Å². The van der Waals surface area contributed by atoms with Crippen LogP contribution in [0.4, 0.5) is 5.69 Å². The average Bonchev–Trinajstić information content (AvgIpc) is 2.44. The van der Waals surface area contributed by atoms with Crippen molar-refractivity contribution in [3.8, 4) is 0 Å². The smallest absolute Gasteiger partial charge is 0.269 e. The first-order valence-corrected chi connectivity index (χ1v) is 6.77. The Bertz CT molecular complexity index is 404. The van der Waals surface area contributed by atoms with E-state index in [1.54, 1.807) is 19.3 Å². The second kappa shape index (κ2) is 7.74. The van der Waals surface area contributed by atoms with Gasteiger partial charge in [0.05, 0.1) is 0 Å². The van der Waals surface area contributed by atoms with Gasteiger partial charge in [-0.3, -0.25) is 9.78 Å². The van der Waals surface area contributed by atoms with Crippen LogP contribution in [0, 0.1) is 0 Å². The van der Waals surface area contributed by atoms with E-state index in [-0.39, 0.29) is 5.91 Å². The van der Waals surface area contributed by atoms with Crippen LogP contribution in [0.5, 0.6) is 0 Å². The molecule has 0 bridgehead atoms. The van der Waals surface area contributed by atoms with Gasteiger partial charge in [-0.05, 0) is 32.1 Å². The number of nitrogens with zero attached hydrogens (tertiary/aromatic N) is 2. The number of pyridine rings is 1. The molecule has 0 saturated carbocycles. The minimum absolute atomic E-state index is 0.167. The van der Waals surface area contributed by atoms with E-state index in [1.807, 2.05) is 6.07 Å². The number of nitrogens with one attached hydrogen (secondary N) is 2. The third kappa shape index (κ3) is 4.87. The van der Waals surface area contributed by atoms with Gasteiger partial charge >= 0.3 is 0 Å². The van der Waals surface area contributed by atoms with Gasteiger partial charge in [0.15, 0.2) is 0 Å². The van der Waals surface area contributed by atoms with E-state index >= 15 is 0 Å². The Balaban J connectivity index is 2.63. The molecular formula is C14H24N4O. The van der Waals surface area contributed by atoms with Crippen molar-refractivity contribution in [2.24, 2.45) is 0 Å². The van der Waals surface area contributed by atoms with Gasteiger partial charge in [-0.25, -0.2) is 0 Å². The lowest BCUT2D eigenvalue weighted by molar-refractivity contribution is 0.0958. The molecule has 1 rings (SSSR count). The van der Waals surface area contributed by atoms with Gasteiger partial charge in [0.2, 0.25) is 0 Å². The maximum Gasteiger partial charge on any atom is 0.269 e. The molecule has 0 aliphatic rings. The maximum atomic E-state index is 11.5. The number of carbonyl (C=O) groups excluding carboxylic acids is 1. The van der Waals surface area contributed by atoms with Crippen LogP contribution < -0.4 is 10.6 Å². The number of likely N-dealkylation sites (N-methyl/N-ethyl adjacent to an activating group) is 1. The average molecular weight is 264 g/mol. The van der Waals surface area contributed by atoms with E-state index in [9.17, 15) is 4.79 Å². The van der Waals surface area contributed by atoms with Crippen molar-refractivity contribution in [2.45, 2.75) is 26.8 Å². The Labute approximate surface area is 115 Å². The highest BCUT2D eigenvalue weighted by Gasteiger charge is 2.09. The van der Waals surface area contributed by atoms with E-state index in [2.05, 4.69) is 41.3 Å². The Kier molecular flexibility index (Phi) is 6.29. The van der Waals surface area contributed by atoms with Crippen LogP contribution in [0.15, 0.2) is 18.3 Å². The maximum absolute atomic E-state index is 11.5. The predicted molar refractivity (Wildman–Crippen MR) is 78.5 cm³/mol. The number of anilines is 1. The Morgan fingerprint density at radius 3 is 2.68 bits per heavy atom. The van der Waals surface area contributed by atoms with Gasteiger partial charge in [0.1, 0.15) is 5.69 Å². The predicted octanol–water partition coefficient (Wildman–Crippen LogP) is 1.58. The van der Waals surface area contributed by atoms with Crippen LogP contribution in [0.1, 0.15) is 31.3 Å². The molecule has 1 aromatic rings. The summed E-state index contributed by atoms with van der Waals surface area (Å²) in [5.41, 5.74) is 1.36. The second-order valence-electron chi connectivity index (χ2n) is 4.54. The summed E-state index contributed by atoms with van der Waals surface area (Å²) in [7, 11) is 1.60. The van der Waals surface area contributed by atoms with Crippen molar-refractivity contribution in [1.82, 2.24) is 15.2 Å². The summed E-state index contributed by atoms with van der Waals surface area (Å²) in [6.45, 7) is 9.52. The van der Waals surface area contributed by atoms with Crippen molar-refractivity contribution in [3.05, 3.63) is 24.0 Å². The quantitative estimate of drug-likeness (QED) is 0.785. The lowest BCUT2D eigenvalue weighted by atomic mass is 10.2. The highest BCUT2D eigenvalue weighted by atomic mass is 16.1. The molecule has 106 valence electrons. The summed E-state index contributed by atoms with van der Waals surface area (Å²) in [6.07, 6.45) is 1.65. The topological polar surface area (TPSA) is 57.3 Å². The molecule has 19 heavy (non-hydrogen) atoms. The summed E-state index contributed by atoms with van der Waals surface area (Å²) in [5.74, 6) is -0.167. The molecule has 0 aliphatic carbocycles. The number of hydrogen-bond acceptors (Lipinski definition) is 4. The summed E-state index contributed by atoms with van der Waals surface area (Å²) >= 11 is 0. The molecule has 0 saturated heterocycles. The SMILES string of the molecule is CCN(CC)CC(C)Nc1ccnc(C(=O)NC)c1. The molecule has 0 aliphatic heterocycles. The number of carbonyl (C=O) groups is 1. The normalized spacial score (nSPS) is 12.3. The second-order valence-corrected chi connectivity index (χ2v) is 4.54. The number of hydrogen-bond donors (Lipinski definition) is 2. The standard InChI is InChI=1S/C14H24N4O/c1-5-18(6-2)10-11(3)17-12-7-8-16-13(9-12)14(19)15-4/h7-9,11H,5-6,10H2,1-4H3,(H,15,19)(H,16,17). The Morgan fingerprint density at radius 1 is 1.42 bits per heavy atom. The highest BCUT2D eigenvalue weighted by molar-refractivity contribution is 5.92. The molecule has 5 heteroatoms. The number of aromatic nitrogens is 1.